The monoisotopic (exact) mass is 438 g/mol. The van der Waals surface area contributed by atoms with Crippen LogP contribution in [0.2, 0.25) is 0 Å². The minimum absolute atomic E-state index is 0.151. The maximum Gasteiger partial charge on any atom is 0.268 e. The maximum absolute atomic E-state index is 12.8. The summed E-state index contributed by atoms with van der Waals surface area (Å²) in [7, 11) is -1.84. The molecule has 1 aliphatic carbocycles. The first-order chi connectivity index (χ1) is 14.3. The molecule has 1 aliphatic heterocycles. The number of aromatic nitrogens is 1. The van der Waals surface area contributed by atoms with Gasteiger partial charge in [-0.25, -0.2) is 8.42 Å². The highest BCUT2D eigenvalue weighted by Crippen LogP contribution is 2.25. The molecule has 2 heterocycles. The van der Waals surface area contributed by atoms with Crippen LogP contribution in [0, 0.1) is 5.92 Å². The molecule has 170 valence electrons. The number of nitrogens with zero attached hydrogens (tertiary/aromatic N) is 3. The van der Waals surface area contributed by atoms with Crippen LogP contribution in [0.4, 0.5) is 0 Å². The van der Waals surface area contributed by atoms with Gasteiger partial charge < -0.3 is 14.8 Å². The second-order valence-corrected chi connectivity index (χ2v) is 10.8. The van der Waals surface area contributed by atoms with Gasteiger partial charge in [-0.2, -0.15) is 4.31 Å². The Morgan fingerprint density at radius 1 is 1.10 bits per heavy atom. The number of rotatable bonds is 8. The topological polar surface area (TPSA) is 74.7 Å². The van der Waals surface area contributed by atoms with Gasteiger partial charge in [-0.3, -0.25) is 4.79 Å². The zero-order chi connectivity index (χ0) is 21.7. The van der Waals surface area contributed by atoms with Crippen molar-refractivity contribution in [2.75, 3.05) is 32.7 Å². The van der Waals surface area contributed by atoms with E-state index in [2.05, 4.69) is 10.2 Å². The summed E-state index contributed by atoms with van der Waals surface area (Å²) in [6.07, 6.45) is 10.3. The second-order valence-electron chi connectivity index (χ2n) is 8.81. The van der Waals surface area contributed by atoms with Crippen LogP contribution in [0.1, 0.15) is 69.3 Å². The van der Waals surface area contributed by atoms with Gasteiger partial charge in [0.05, 0.1) is 0 Å². The van der Waals surface area contributed by atoms with E-state index in [-0.39, 0.29) is 16.8 Å². The standard InChI is InChI=1S/C22H38N4O3S/c1-4-26(5-2)30(28,29)20-15-21(24(3)17-20)22(27)23-19-11-13-25(14-12-19)16-18-9-7-6-8-10-18/h15,17-19H,4-14,16H2,1-3H3,(H,23,27). The van der Waals surface area contributed by atoms with Crippen molar-refractivity contribution >= 4 is 15.9 Å². The number of hydrogen-bond acceptors (Lipinski definition) is 4. The average Bonchev–Trinajstić information content (AvgIpc) is 3.14. The van der Waals surface area contributed by atoms with Gasteiger partial charge in [0.15, 0.2) is 0 Å². The zero-order valence-corrected chi connectivity index (χ0v) is 19.6. The van der Waals surface area contributed by atoms with Crippen LogP contribution in [0.3, 0.4) is 0 Å². The van der Waals surface area contributed by atoms with Crippen molar-refractivity contribution in [2.24, 2.45) is 13.0 Å². The van der Waals surface area contributed by atoms with Crippen LogP contribution >= 0.6 is 0 Å². The molecule has 0 aromatic carbocycles. The minimum atomic E-state index is -3.57. The summed E-state index contributed by atoms with van der Waals surface area (Å²) in [5.74, 6) is 0.656. The van der Waals surface area contributed by atoms with E-state index in [1.807, 2.05) is 13.8 Å². The normalized spacial score (nSPS) is 20.0. The van der Waals surface area contributed by atoms with Gasteiger partial charge in [0.25, 0.3) is 5.91 Å². The molecule has 1 saturated heterocycles. The zero-order valence-electron chi connectivity index (χ0n) is 18.8. The Morgan fingerprint density at radius 3 is 2.33 bits per heavy atom. The Hall–Kier alpha value is -1.38. The number of carbonyl (C=O) groups is 1. The summed E-state index contributed by atoms with van der Waals surface area (Å²) in [5, 5.41) is 3.13. The molecule has 0 spiro atoms. The highest BCUT2D eigenvalue weighted by atomic mass is 32.2. The van der Waals surface area contributed by atoms with Crippen LogP contribution < -0.4 is 5.32 Å². The number of aryl methyl sites for hydroxylation is 1. The third-order valence-electron chi connectivity index (χ3n) is 6.72. The summed E-state index contributed by atoms with van der Waals surface area (Å²) in [4.78, 5) is 15.6. The molecule has 1 saturated carbocycles. The average molecular weight is 439 g/mol. The largest absolute Gasteiger partial charge is 0.348 e. The van der Waals surface area contributed by atoms with Crippen LogP contribution in [0.15, 0.2) is 17.2 Å². The molecule has 0 bridgehead atoms. The van der Waals surface area contributed by atoms with Gasteiger partial charge in [-0.15, -0.1) is 0 Å². The van der Waals surface area contributed by atoms with Crippen molar-refractivity contribution in [2.45, 2.75) is 69.7 Å². The van der Waals surface area contributed by atoms with E-state index in [1.165, 1.54) is 55.2 Å². The molecule has 1 aromatic rings. The second kappa shape index (κ2) is 10.3. The lowest BCUT2D eigenvalue weighted by Gasteiger charge is -2.35. The lowest BCUT2D eigenvalue weighted by molar-refractivity contribution is 0.0893. The lowest BCUT2D eigenvalue weighted by atomic mass is 9.88. The molecule has 0 unspecified atom stereocenters. The molecule has 2 aliphatic rings. The van der Waals surface area contributed by atoms with Crippen molar-refractivity contribution in [3.05, 3.63) is 18.0 Å². The number of hydrogen-bond donors (Lipinski definition) is 1. The molecule has 3 rings (SSSR count). The number of carbonyl (C=O) groups excluding carboxylic acids is 1. The Labute approximate surface area is 181 Å². The highest BCUT2D eigenvalue weighted by Gasteiger charge is 2.27. The van der Waals surface area contributed by atoms with E-state index < -0.39 is 10.0 Å². The SMILES string of the molecule is CCN(CC)S(=O)(=O)c1cc(C(=O)NC2CCN(CC3CCCCC3)CC2)n(C)c1. The fourth-order valence-electron chi connectivity index (χ4n) is 4.87. The van der Waals surface area contributed by atoms with E-state index in [0.29, 0.717) is 18.8 Å². The van der Waals surface area contributed by atoms with Crippen molar-refractivity contribution in [3.8, 4) is 0 Å². The Morgan fingerprint density at radius 2 is 1.73 bits per heavy atom. The molecule has 2 fully saturated rings. The van der Waals surface area contributed by atoms with Gasteiger partial charge in [-0.05, 0) is 37.7 Å². The highest BCUT2D eigenvalue weighted by molar-refractivity contribution is 7.89. The van der Waals surface area contributed by atoms with Crippen LogP contribution in [0.25, 0.3) is 0 Å². The molecule has 0 atom stereocenters. The first-order valence-corrected chi connectivity index (χ1v) is 13.0. The lowest BCUT2D eigenvalue weighted by Crippen LogP contribution is -2.46. The van der Waals surface area contributed by atoms with Gasteiger partial charge in [-0.1, -0.05) is 33.1 Å². The van der Waals surface area contributed by atoms with Crippen molar-refractivity contribution < 1.29 is 13.2 Å². The van der Waals surface area contributed by atoms with E-state index in [9.17, 15) is 13.2 Å². The first kappa shape index (κ1) is 23.3. The fraction of sp³-hybridized carbons (Fsp3) is 0.773. The predicted molar refractivity (Wildman–Crippen MR) is 119 cm³/mol. The number of amides is 1. The van der Waals surface area contributed by atoms with Crippen molar-refractivity contribution in [3.63, 3.8) is 0 Å². The Bertz CT molecular complexity index is 802. The summed E-state index contributed by atoms with van der Waals surface area (Å²) in [5.41, 5.74) is 0.394. The smallest absolute Gasteiger partial charge is 0.268 e. The maximum atomic E-state index is 12.8. The van der Waals surface area contributed by atoms with Crippen molar-refractivity contribution in [1.29, 1.82) is 0 Å². The molecule has 30 heavy (non-hydrogen) atoms. The summed E-state index contributed by atoms with van der Waals surface area (Å²) >= 11 is 0. The predicted octanol–water partition coefficient (Wildman–Crippen LogP) is 2.83. The van der Waals surface area contributed by atoms with Crippen LogP contribution in [-0.4, -0.2) is 66.9 Å². The Balaban J connectivity index is 1.55. The molecular weight excluding hydrogens is 400 g/mol. The third kappa shape index (κ3) is 5.45. The number of likely N-dealkylation sites (tertiary alicyclic amines) is 1. The molecule has 7 nitrogen and oxygen atoms in total. The summed E-state index contributed by atoms with van der Waals surface area (Å²) in [6, 6.07) is 1.65. The van der Waals surface area contributed by atoms with E-state index >= 15 is 0 Å². The summed E-state index contributed by atoms with van der Waals surface area (Å²) in [6.45, 7) is 7.71. The van der Waals surface area contributed by atoms with Crippen LogP contribution in [-0.2, 0) is 17.1 Å². The molecule has 8 heteroatoms. The van der Waals surface area contributed by atoms with E-state index in [0.717, 1.165) is 31.8 Å². The first-order valence-electron chi connectivity index (χ1n) is 11.5. The molecule has 1 N–H and O–H groups in total. The number of sulfonamides is 1. The third-order valence-corrected chi connectivity index (χ3v) is 8.73. The number of piperidine rings is 1. The van der Waals surface area contributed by atoms with E-state index in [1.54, 1.807) is 11.6 Å². The van der Waals surface area contributed by atoms with Gasteiger partial charge in [0, 0.05) is 52.0 Å². The van der Waals surface area contributed by atoms with Crippen molar-refractivity contribution in [1.82, 2.24) is 19.1 Å². The van der Waals surface area contributed by atoms with Gasteiger partial charge in [0.2, 0.25) is 10.0 Å². The summed E-state index contributed by atoms with van der Waals surface area (Å²) < 4.78 is 28.5. The quantitative estimate of drug-likeness (QED) is 0.677. The molecule has 0 radical (unpaired) electrons. The Kier molecular flexibility index (Phi) is 7.98. The van der Waals surface area contributed by atoms with Gasteiger partial charge in [0.1, 0.15) is 10.6 Å². The fourth-order valence-corrected chi connectivity index (χ4v) is 6.40. The molecular formula is C22H38N4O3S. The van der Waals surface area contributed by atoms with Gasteiger partial charge >= 0.3 is 0 Å². The number of nitrogens with one attached hydrogen (secondary N) is 1. The molecule has 1 amide bonds. The van der Waals surface area contributed by atoms with E-state index in [4.69, 9.17) is 0 Å². The molecule has 1 aromatic heterocycles. The minimum Gasteiger partial charge on any atom is -0.348 e. The van der Waals surface area contributed by atoms with Crippen LogP contribution in [0.5, 0.6) is 0 Å².